The van der Waals surface area contributed by atoms with Crippen LogP contribution in [0.2, 0.25) is 15.1 Å². The van der Waals surface area contributed by atoms with Gasteiger partial charge in [0, 0.05) is 6.21 Å². The van der Waals surface area contributed by atoms with E-state index in [1.165, 1.54) is 18.2 Å². The van der Waals surface area contributed by atoms with Crippen LogP contribution in [0.25, 0.3) is 0 Å². The highest BCUT2D eigenvalue weighted by Gasteiger charge is 2.09. The van der Waals surface area contributed by atoms with E-state index in [9.17, 15) is 9.18 Å². The van der Waals surface area contributed by atoms with Crippen molar-refractivity contribution in [3.8, 4) is 5.75 Å². The van der Waals surface area contributed by atoms with Gasteiger partial charge in [-0.25, -0.2) is 4.39 Å². The third-order valence-electron chi connectivity index (χ3n) is 3.75. The van der Waals surface area contributed by atoms with E-state index in [0.29, 0.717) is 32.1 Å². The average molecular weight is 452 g/mol. The molecule has 0 fully saturated rings. The van der Waals surface area contributed by atoms with Crippen molar-refractivity contribution in [3.63, 3.8) is 0 Å². The fourth-order valence-electron chi connectivity index (χ4n) is 2.34. The number of anilines is 1. The molecule has 0 bridgehead atoms. The number of carbonyl (C=O) groups is 1. The number of para-hydroxylation sites is 1. The lowest BCUT2D eigenvalue weighted by Gasteiger charge is -2.09. The van der Waals surface area contributed by atoms with Crippen molar-refractivity contribution in [3.05, 3.63) is 87.1 Å². The number of aliphatic imine (C=N–C) groups is 1. The van der Waals surface area contributed by atoms with Gasteiger partial charge in [-0.2, -0.15) is 0 Å². The number of benzene rings is 3. The monoisotopic (exact) mass is 450 g/mol. The number of rotatable bonds is 6. The Balaban J connectivity index is 1.62. The topological polar surface area (TPSA) is 50.7 Å². The molecule has 0 atom stereocenters. The molecular formula is C21H14Cl3FN2O2. The smallest absolute Gasteiger partial charge is 0.262 e. The van der Waals surface area contributed by atoms with Crippen molar-refractivity contribution in [2.24, 2.45) is 4.99 Å². The number of nitrogens with one attached hydrogen (secondary N) is 1. The Morgan fingerprint density at radius 2 is 1.83 bits per heavy atom. The van der Waals surface area contributed by atoms with E-state index in [1.54, 1.807) is 48.7 Å². The summed E-state index contributed by atoms with van der Waals surface area (Å²) in [7, 11) is 0. The Labute approximate surface area is 181 Å². The molecule has 0 aliphatic heterocycles. The van der Waals surface area contributed by atoms with Gasteiger partial charge in [0.15, 0.2) is 6.61 Å². The summed E-state index contributed by atoms with van der Waals surface area (Å²) in [5.41, 5.74) is 1.31. The second-order valence-electron chi connectivity index (χ2n) is 5.84. The highest BCUT2D eigenvalue weighted by atomic mass is 35.5. The molecule has 0 saturated carbocycles. The number of ether oxygens (including phenoxy) is 1. The molecule has 3 aromatic rings. The van der Waals surface area contributed by atoms with Crippen LogP contribution in [0, 0.1) is 5.82 Å². The van der Waals surface area contributed by atoms with Crippen LogP contribution in [0.3, 0.4) is 0 Å². The molecule has 0 aromatic heterocycles. The molecule has 0 spiro atoms. The van der Waals surface area contributed by atoms with Gasteiger partial charge in [0.25, 0.3) is 5.91 Å². The molecule has 4 nitrogen and oxygen atoms in total. The van der Waals surface area contributed by atoms with E-state index >= 15 is 0 Å². The van der Waals surface area contributed by atoms with E-state index in [0.717, 1.165) is 0 Å². The van der Waals surface area contributed by atoms with E-state index in [2.05, 4.69) is 10.3 Å². The van der Waals surface area contributed by atoms with Crippen molar-refractivity contribution in [1.29, 1.82) is 0 Å². The van der Waals surface area contributed by atoms with Crippen LogP contribution < -0.4 is 10.1 Å². The first-order valence-electron chi connectivity index (χ1n) is 8.39. The first kappa shape index (κ1) is 21.1. The van der Waals surface area contributed by atoms with Gasteiger partial charge >= 0.3 is 0 Å². The molecule has 0 saturated heterocycles. The second kappa shape index (κ2) is 9.74. The standard InChI is InChI=1S/C21H14Cl3FN2O2/c22-14-4-3-7-18(21(14)24)26-11-13-8-9-19(15(23)10-13)29-12-20(28)27-17-6-2-1-5-16(17)25/h1-11H,12H2,(H,27,28). The first-order chi connectivity index (χ1) is 13.9. The van der Waals surface area contributed by atoms with Gasteiger partial charge < -0.3 is 10.1 Å². The highest BCUT2D eigenvalue weighted by Crippen LogP contribution is 2.32. The molecule has 0 aliphatic rings. The SMILES string of the molecule is O=C(COc1ccc(C=Nc2cccc(Cl)c2Cl)cc1Cl)Nc1ccccc1F. The van der Waals surface area contributed by atoms with Crippen LogP contribution in [0.4, 0.5) is 15.8 Å². The van der Waals surface area contributed by atoms with E-state index < -0.39 is 11.7 Å². The summed E-state index contributed by atoms with van der Waals surface area (Å²) in [6.07, 6.45) is 1.58. The third kappa shape index (κ3) is 5.70. The van der Waals surface area contributed by atoms with Gasteiger partial charge in [0.05, 0.1) is 26.4 Å². The maximum atomic E-state index is 13.6. The van der Waals surface area contributed by atoms with Crippen molar-refractivity contribution in [2.75, 3.05) is 11.9 Å². The number of halogens is 4. The minimum atomic E-state index is -0.526. The van der Waals surface area contributed by atoms with Gasteiger partial charge in [-0.3, -0.25) is 9.79 Å². The van der Waals surface area contributed by atoms with E-state index in [4.69, 9.17) is 39.5 Å². The Morgan fingerprint density at radius 1 is 1.03 bits per heavy atom. The van der Waals surface area contributed by atoms with Crippen molar-refractivity contribution < 1.29 is 13.9 Å². The van der Waals surface area contributed by atoms with Crippen LogP contribution >= 0.6 is 34.8 Å². The number of hydrogen-bond acceptors (Lipinski definition) is 3. The fraction of sp³-hybridized carbons (Fsp3) is 0.0476. The third-order valence-corrected chi connectivity index (χ3v) is 4.85. The molecule has 0 heterocycles. The molecule has 0 aliphatic carbocycles. The molecule has 29 heavy (non-hydrogen) atoms. The molecular weight excluding hydrogens is 438 g/mol. The van der Waals surface area contributed by atoms with Crippen molar-refractivity contribution >= 4 is 58.3 Å². The van der Waals surface area contributed by atoms with Gasteiger partial charge in [-0.1, -0.05) is 53.0 Å². The normalized spacial score (nSPS) is 10.9. The van der Waals surface area contributed by atoms with Crippen molar-refractivity contribution in [2.45, 2.75) is 0 Å². The Hall–Kier alpha value is -2.60. The molecule has 148 valence electrons. The lowest BCUT2D eigenvalue weighted by Crippen LogP contribution is -2.20. The average Bonchev–Trinajstić information content (AvgIpc) is 2.70. The molecule has 0 radical (unpaired) electrons. The number of hydrogen-bond donors (Lipinski definition) is 1. The predicted molar refractivity (Wildman–Crippen MR) is 116 cm³/mol. The number of nitrogens with zero attached hydrogens (tertiary/aromatic N) is 1. The lowest BCUT2D eigenvalue weighted by atomic mass is 10.2. The fourth-order valence-corrected chi connectivity index (χ4v) is 2.93. The minimum absolute atomic E-state index is 0.0819. The summed E-state index contributed by atoms with van der Waals surface area (Å²) in [5, 5.41) is 3.50. The maximum Gasteiger partial charge on any atom is 0.262 e. The zero-order valence-corrected chi connectivity index (χ0v) is 17.1. The van der Waals surface area contributed by atoms with Crippen LogP contribution in [0.1, 0.15) is 5.56 Å². The van der Waals surface area contributed by atoms with Crippen LogP contribution in [0.5, 0.6) is 5.75 Å². The minimum Gasteiger partial charge on any atom is -0.482 e. The molecule has 3 aromatic carbocycles. The number of carbonyl (C=O) groups excluding carboxylic acids is 1. The highest BCUT2D eigenvalue weighted by molar-refractivity contribution is 6.43. The summed E-state index contributed by atoms with van der Waals surface area (Å²) < 4.78 is 19.0. The molecule has 8 heteroatoms. The Bertz CT molecular complexity index is 1070. The second-order valence-corrected chi connectivity index (χ2v) is 7.03. The van der Waals surface area contributed by atoms with Crippen LogP contribution in [-0.2, 0) is 4.79 Å². The number of amides is 1. The zero-order chi connectivity index (χ0) is 20.8. The Morgan fingerprint density at radius 3 is 2.59 bits per heavy atom. The molecule has 1 N–H and O–H groups in total. The van der Waals surface area contributed by atoms with E-state index in [1.807, 2.05) is 0 Å². The summed E-state index contributed by atoms with van der Waals surface area (Å²) >= 11 is 18.3. The summed E-state index contributed by atoms with van der Waals surface area (Å²) in [5.74, 6) is -0.719. The molecule has 0 unspecified atom stereocenters. The van der Waals surface area contributed by atoms with E-state index in [-0.39, 0.29) is 12.3 Å². The quantitative estimate of drug-likeness (QED) is 0.432. The van der Waals surface area contributed by atoms with Crippen molar-refractivity contribution in [1.82, 2.24) is 0 Å². The predicted octanol–water partition coefficient (Wildman–Crippen LogP) is 6.55. The van der Waals surface area contributed by atoms with Gasteiger partial charge in [0.2, 0.25) is 0 Å². The van der Waals surface area contributed by atoms with Gasteiger partial charge in [0.1, 0.15) is 11.6 Å². The van der Waals surface area contributed by atoms with Crippen LogP contribution in [0.15, 0.2) is 65.7 Å². The molecule has 1 amide bonds. The Kier molecular flexibility index (Phi) is 7.09. The summed E-state index contributed by atoms with van der Waals surface area (Å²) in [4.78, 5) is 16.2. The first-order valence-corrected chi connectivity index (χ1v) is 9.52. The largest absolute Gasteiger partial charge is 0.482 e. The maximum absolute atomic E-state index is 13.6. The summed E-state index contributed by atoms with van der Waals surface area (Å²) in [6, 6.07) is 16.0. The lowest BCUT2D eigenvalue weighted by molar-refractivity contribution is -0.118. The molecule has 3 rings (SSSR count). The van der Waals surface area contributed by atoms with Gasteiger partial charge in [-0.15, -0.1) is 0 Å². The van der Waals surface area contributed by atoms with Crippen LogP contribution in [-0.4, -0.2) is 18.7 Å². The summed E-state index contributed by atoms with van der Waals surface area (Å²) in [6.45, 7) is -0.320. The van der Waals surface area contributed by atoms with Gasteiger partial charge in [-0.05, 0) is 48.0 Å². The zero-order valence-electron chi connectivity index (χ0n) is 14.8.